The smallest absolute Gasteiger partial charge is 0.223 e. The first kappa shape index (κ1) is 72.1. The standard InChI is InChI=1S/C78H121NO8/c1-3-5-7-9-11-13-15-17-18-19-20-21-22-23-24-25-26-27-29-31-33-35-49-59-73(80)79-70(58-48-34-32-30-28-16-14-12-10-8-6-4-2)74(81)71(79)64-86-78-77(85-63-69-56-46-39-47-57-69)76(84-62-68-54-44-38-45-55-68)75(83-61-67-52-42-37-43-53-67)72(87-78)65-82-60-66-50-40-36-41-51-66/h36-47,50-57,70-72,74-78,81H,3-35,48-49,58-65H2,1-2H3/t70-,71-,72?,74+,75?,76?,77?,78?/m0/s1. The fourth-order valence-electron chi connectivity index (χ4n) is 13.0. The minimum Gasteiger partial charge on any atom is -0.389 e. The quantitative estimate of drug-likeness (QED) is 0.0437. The number of unbranched alkanes of at least 4 members (excludes halogenated alkanes) is 33. The Kier molecular flexibility index (Phi) is 39.0. The first-order chi connectivity index (χ1) is 43.1. The van der Waals surface area contributed by atoms with Crippen LogP contribution in [-0.2, 0) is 59.6 Å². The molecule has 2 aliphatic rings. The van der Waals surface area contributed by atoms with E-state index in [-0.39, 0.29) is 31.8 Å². The number of nitrogens with zero attached hydrogens (tertiary/aromatic N) is 1. The van der Waals surface area contributed by atoms with E-state index in [1.165, 1.54) is 193 Å². The Bertz CT molecular complexity index is 2220. The molecule has 2 heterocycles. The van der Waals surface area contributed by atoms with Gasteiger partial charge in [0.05, 0.1) is 57.8 Å². The third-order valence-corrected chi connectivity index (χ3v) is 18.4. The summed E-state index contributed by atoms with van der Waals surface area (Å²) in [6, 6.07) is 39.9. The number of ether oxygens (including phenoxy) is 6. The number of amides is 1. The van der Waals surface area contributed by atoms with E-state index in [1.807, 2.05) is 77.7 Å². The molecule has 2 aliphatic heterocycles. The molecule has 2 fully saturated rings. The van der Waals surface area contributed by atoms with E-state index in [1.54, 1.807) is 0 Å². The minimum absolute atomic E-state index is 0.0929. The number of benzene rings is 4. The lowest BCUT2D eigenvalue weighted by molar-refractivity contribution is -0.333. The van der Waals surface area contributed by atoms with Gasteiger partial charge < -0.3 is 38.4 Å². The van der Waals surface area contributed by atoms with Crippen molar-refractivity contribution in [1.29, 1.82) is 0 Å². The number of hydrogen-bond acceptors (Lipinski definition) is 8. The van der Waals surface area contributed by atoms with E-state index in [4.69, 9.17) is 28.4 Å². The third-order valence-electron chi connectivity index (χ3n) is 18.4. The van der Waals surface area contributed by atoms with Gasteiger partial charge in [-0.25, -0.2) is 0 Å². The van der Waals surface area contributed by atoms with E-state index < -0.39 is 42.9 Å². The zero-order valence-corrected chi connectivity index (χ0v) is 54.8. The summed E-state index contributed by atoms with van der Waals surface area (Å²) < 4.78 is 41.3. The second-order valence-electron chi connectivity index (χ2n) is 25.8. The third kappa shape index (κ3) is 29.7. The maximum Gasteiger partial charge on any atom is 0.223 e. The second kappa shape index (κ2) is 47.1. The van der Waals surface area contributed by atoms with Gasteiger partial charge in [-0.1, -0.05) is 353 Å². The van der Waals surface area contributed by atoms with Gasteiger partial charge in [-0.3, -0.25) is 4.79 Å². The van der Waals surface area contributed by atoms with Gasteiger partial charge in [0.15, 0.2) is 6.29 Å². The van der Waals surface area contributed by atoms with Crippen LogP contribution in [-0.4, -0.2) is 78.0 Å². The van der Waals surface area contributed by atoms with E-state index in [0.29, 0.717) is 26.2 Å². The normalized spacial score (nSPS) is 20.2. The zero-order chi connectivity index (χ0) is 60.9. The largest absolute Gasteiger partial charge is 0.389 e. The highest BCUT2D eigenvalue weighted by Crippen LogP contribution is 2.36. The highest BCUT2D eigenvalue weighted by Gasteiger charge is 2.53. The summed E-state index contributed by atoms with van der Waals surface area (Å²) in [5.74, 6) is 0.119. The van der Waals surface area contributed by atoms with E-state index in [9.17, 15) is 9.90 Å². The van der Waals surface area contributed by atoms with Crippen LogP contribution in [0.1, 0.15) is 274 Å². The molecule has 4 aromatic carbocycles. The summed E-state index contributed by atoms with van der Waals surface area (Å²) >= 11 is 0. The summed E-state index contributed by atoms with van der Waals surface area (Å²) in [6.45, 7) is 6.21. The first-order valence-corrected chi connectivity index (χ1v) is 35.9. The van der Waals surface area contributed by atoms with Gasteiger partial charge in [-0.2, -0.15) is 0 Å². The van der Waals surface area contributed by atoms with Crippen molar-refractivity contribution in [3.63, 3.8) is 0 Å². The van der Waals surface area contributed by atoms with Crippen molar-refractivity contribution < 1.29 is 38.3 Å². The minimum atomic E-state index is -0.931. The van der Waals surface area contributed by atoms with Gasteiger partial charge in [0, 0.05) is 6.42 Å². The fraction of sp³-hybridized carbons (Fsp3) is 0.679. The summed E-state index contributed by atoms with van der Waals surface area (Å²) in [5, 5.41) is 12.1. The van der Waals surface area contributed by atoms with Crippen LogP contribution in [0.5, 0.6) is 0 Å². The molecule has 1 amide bonds. The van der Waals surface area contributed by atoms with Crippen LogP contribution in [0.15, 0.2) is 121 Å². The van der Waals surface area contributed by atoms with E-state index >= 15 is 0 Å². The molecule has 8 atom stereocenters. The van der Waals surface area contributed by atoms with E-state index in [2.05, 4.69) is 62.4 Å². The lowest BCUT2D eigenvalue weighted by atomic mass is 9.85. The molecule has 9 heteroatoms. The molecular weight excluding hydrogens is 1080 g/mol. The number of likely N-dealkylation sites (tertiary alicyclic amines) is 1. The van der Waals surface area contributed by atoms with Crippen molar-refractivity contribution in [1.82, 2.24) is 4.90 Å². The topological polar surface area (TPSA) is 95.9 Å². The van der Waals surface area contributed by atoms with Gasteiger partial charge in [0.25, 0.3) is 0 Å². The van der Waals surface area contributed by atoms with Crippen LogP contribution in [0.3, 0.4) is 0 Å². The monoisotopic (exact) mass is 1200 g/mol. The average molecular weight is 1200 g/mol. The predicted molar refractivity (Wildman–Crippen MR) is 358 cm³/mol. The molecule has 5 unspecified atom stereocenters. The number of aliphatic hydroxyl groups is 1. The Morgan fingerprint density at radius 1 is 0.379 bits per heavy atom. The highest BCUT2D eigenvalue weighted by molar-refractivity contribution is 5.78. The molecule has 0 aliphatic carbocycles. The number of carbonyl (C=O) groups is 1. The maximum absolute atomic E-state index is 14.5. The van der Waals surface area contributed by atoms with Crippen LogP contribution >= 0.6 is 0 Å². The number of aliphatic hydroxyl groups excluding tert-OH is 1. The molecule has 2 saturated heterocycles. The molecule has 0 spiro atoms. The number of rotatable bonds is 53. The molecule has 6 rings (SSSR count). The van der Waals surface area contributed by atoms with Crippen molar-refractivity contribution in [2.75, 3.05) is 13.2 Å². The molecule has 0 aromatic heterocycles. The van der Waals surface area contributed by atoms with Gasteiger partial charge in [0.2, 0.25) is 5.91 Å². The van der Waals surface area contributed by atoms with Gasteiger partial charge in [0.1, 0.15) is 24.4 Å². The number of carbonyl (C=O) groups excluding carboxylic acids is 1. The zero-order valence-electron chi connectivity index (χ0n) is 54.8. The van der Waals surface area contributed by atoms with Gasteiger partial charge in [-0.05, 0) is 35.1 Å². The lowest BCUT2D eigenvalue weighted by Crippen LogP contribution is -2.71. The number of hydrogen-bond donors (Lipinski definition) is 1. The lowest BCUT2D eigenvalue weighted by Gasteiger charge is -2.53. The molecule has 0 bridgehead atoms. The van der Waals surface area contributed by atoms with Crippen molar-refractivity contribution >= 4 is 5.91 Å². The highest BCUT2D eigenvalue weighted by atomic mass is 16.7. The average Bonchev–Trinajstić information content (AvgIpc) is 1.16. The van der Waals surface area contributed by atoms with Gasteiger partial charge >= 0.3 is 0 Å². The van der Waals surface area contributed by atoms with Crippen molar-refractivity contribution in [2.45, 2.75) is 327 Å². The first-order valence-electron chi connectivity index (χ1n) is 35.9. The molecule has 0 saturated carbocycles. The van der Waals surface area contributed by atoms with Crippen LogP contribution in [0.4, 0.5) is 0 Å². The molecule has 1 N–H and O–H groups in total. The molecule has 9 nitrogen and oxygen atoms in total. The Hall–Kier alpha value is -3.93. The van der Waals surface area contributed by atoms with Crippen molar-refractivity contribution in [3.8, 4) is 0 Å². The SMILES string of the molecule is CCCCCCCCCCCCCCCCCCCCCCCCCC(=O)N1[C@@H](CCCCCCCCCCCCCC)[C@@H](O)[C@@H]1COC1OC(COCc2ccccc2)C(OCc2ccccc2)C(OCc2ccccc2)C1OCc1ccccc1. The summed E-state index contributed by atoms with van der Waals surface area (Å²) in [7, 11) is 0. The fourth-order valence-corrected chi connectivity index (χ4v) is 13.0. The maximum atomic E-state index is 14.5. The molecule has 4 aromatic rings. The van der Waals surface area contributed by atoms with Crippen molar-refractivity contribution in [2.24, 2.45) is 0 Å². The summed E-state index contributed by atoms with van der Waals surface area (Å²) in [6.07, 6.45) is 43.2. The Morgan fingerprint density at radius 3 is 1.10 bits per heavy atom. The van der Waals surface area contributed by atoms with Crippen LogP contribution in [0, 0.1) is 0 Å². The predicted octanol–water partition coefficient (Wildman–Crippen LogP) is 20.1. The second-order valence-corrected chi connectivity index (χ2v) is 25.8. The van der Waals surface area contributed by atoms with E-state index in [0.717, 1.165) is 60.8 Å². The van der Waals surface area contributed by atoms with Crippen LogP contribution in [0.25, 0.3) is 0 Å². The van der Waals surface area contributed by atoms with Crippen LogP contribution in [0.2, 0.25) is 0 Å². The molecule has 486 valence electrons. The Morgan fingerprint density at radius 2 is 0.713 bits per heavy atom. The summed E-state index contributed by atoms with van der Waals surface area (Å²) in [4.78, 5) is 16.5. The molecule has 0 radical (unpaired) electrons. The molecule has 87 heavy (non-hydrogen) atoms. The van der Waals surface area contributed by atoms with Crippen LogP contribution < -0.4 is 0 Å². The Balaban J connectivity index is 1.04. The summed E-state index contributed by atoms with van der Waals surface area (Å²) in [5.41, 5.74) is 4.11. The Labute approximate surface area is 530 Å². The van der Waals surface area contributed by atoms with Crippen molar-refractivity contribution in [3.05, 3.63) is 144 Å². The van der Waals surface area contributed by atoms with Gasteiger partial charge in [-0.15, -0.1) is 0 Å². The molecular formula is C78H121NO8.